The maximum absolute atomic E-state index is 13.4. The number of hydrogen-bond donors (Lipinski definition) is 1. The molecule has 6 nitrogen and oxygen atoms in total. The van der Waals surface area contributed by atoms with Gasteiger partial charge in [0.15, 0.2) is 0 Å². The highest BCUT2D eigenvalue weighted by Crippen LogP contribution is 2.45. The third-order valence-corrected chi connectivity index (χ3v) is 8.24. The smallest absolute Gasteiger partial charge is 0.274 e. The molecule has 2 aromatic rings. The van der Waals surface area contributed by atoms with Gasteiger partial charge in [-0.25, -0.2) is 8.42 Å². The van der Waals surface area contributed by atoms with Crippen LogP contribution in [0, 0.1) is 0 Å². The van der Waals surface area contributed by atoms with E-state index in [1.807, 2.05) is 0 Å². The van der Waals surface area contributed by atoms with Crippen LogP contribution in [0.3, 0.4) is 0 Å². The van der Waals surface area contributed by atoms with Crippen LogP contribution in [-0.2, 0) is 19.6 Å². The number of thiocarbonyl (C=S) groups is 1. The van der Waals surface area contributed by atoms with Gasteiger partial charge in [-0.1, -0.05) is 77.0 Å². The highest BCUT2D eigenvalue weighted by molar-refractivity contribution is 8.27. The quantitative estimate of drug-likeness (QED) is 0.373. The highest BCUT2D eigenvalue weighted by atomic mass is 35.5. The number of nitrogens with zero attached hydrogens (tertiary/aromatic N) is 1. The molecule has 2 aliphatic rings. The molecule has 4 rings (SSSR count). The number of rotatable bonds is 2. The van der Waals surface area contributed by atoms with E-state index in [-0.39, 0.29) is 40.4 Å². The number of nitrogens with one attached hydrogen (secondary N) is 1. The molecule has 1 fully saturated rings. The molecule has 148 valence electrons. The van der Waals surface area contributed by atoms with E-state index >= 15 is 0 Å². The van der Waals surface area contributed by atoms with E-state index in [2.05, 4.69) is 5.32 Å². The monoisotopic (exact) mass is 504 g/mol. The molecule has 1 N–H and O–H groups in total. The summed E-state index contributed by atoms with van der Waals surface area (Å²) < 4.78 is 27.5. The minimum atomic E-state index is -4.46. The maximum Gasteiger partial charge on any atom is 0.274 e. The van der Waals surface area contributed by atoms with Crippen molar-refractivity contribution in [3.63, 3.8) is 0 Å². The van der Waals surface area contributed by atoms with Gasteiger partial charge in [-0.05, 0) is 18.2 Å². The predicted molar refractivity (Wildman–Crippen MR) is 118 cm³/mol. The van der Waals surface area contributed by atoms with Crippen molar-refractivity contribution in [2.24, 2.45) is 0 Å². The number of halogens is 3. The van der Waals surface area contributed by atoms with Gasteiger partial charge in [0.1, 0.15) is 9.22 Å². The minimum absolute atomic E-state index is 0.0328. The third-order valence-electron chi connectivity index (χ3n) is 4.13. The molecule has 0 bridgehead atoms. The Morgan fingerprint density at radius 3 is 2.31 bits per heavy atom. The Bertz CT molecular complexity index is 1270. The van der Waals surface area contributed by atoms with Crippen LogP contribution in [0.1, 0.15) is 5.56 Å². The van der Waals surface area contributed by atoms with Crippen molar-refractivity contribution in [3.05, 3.63) is 61.9 Å². The number of hydrogen-bond acceptors (Lipinski definition) is 6. The Labute approximate surface area is 189 Å². The predicted octanol–water partition coefficient (Wildman–Crippen LogP) is 4.24. The average Bonchev–Trinajstić information content (AvgIpc) is 3.12. The van der Waals surface area contributed by atoms with Crippen LogP contribution >= 0.6 is 58.8 Å². The van der Waals surface area contributed by atoms with Gasteiger partial charge in [0.25, 0.3) is 21.8 Å². The van der Waals surface area contributed by atoms with E-state index < -0.39 is 21.8 Å². The van der Waals surface area contributed by atoms with Crippen LogP contribution < -0.4 is 9.62 Å². The summed E-state index contributed by atoms with van der Waals surface area (Å²) >= 11 is 23.8. The lowest BCUT2D eigenvalue weighted by atomic mass is 10.1. The Hall–Kier alpha value is -1.62. The normalized spacial score (nSPS) is 19.0. The first kappa shape index (κ1) is 20.6. The summed E-state index contributed by atoms with van der Waals surface area (Å²) in [5, 5.41) is 2.26. The zero-order valence-electron chi connectivity index (χ0n) is 13.9. The highest BCUT2D eigenvalue weighted by Gasteiger charge is 2.45. The fraction of sp³-hybridized carbons (Fsp3) is 0. The van der Waals surface area contributed by atoms with E-state index in [0.717, 1.165) is 17.8 Å². The average molecular weight is 506 g/mol. The molecule has 1 saturated heterocycles. The van der Waals surface area contributed by atoms with Gasteiger partial charge in [-0.3, -0.25) is 9.59 Å². The zero-order chi connectivity index (χ0) is 21.1. The summed E-state index contributed by atoms with van der Waals surface area (Å²) in [4.78, 5) is 25.1. The number of thioether (sulfide) groups is 1. The van der Waals surface area contributed by atoms with Crippen molar-refractivity contribution in [3.8, 4) is 0 Å². The van der Waals surface area contributed by atoms with Crippen molar-refractivity contribution in [2.45, 2.75) is 4.90 Å². The maximum atomic E-state index is 13.4. The summed E-state index contributed by atoms with van der Waals surface area (Å²) in [7, 11) is -4.46. The van der Waals surface area contributed by atoms with Gasteiger partial charge in [-0.15, -0.1) is 0 Å². The SMILES string of the molecule is O=C1NC(=S)SC1=C1C(=O)N(S(=O)(=O)c2cc(Cl)c(Cl)cc2Cl)c2ccccc21. The number of anilines is 1. The fourth-order valence-corrected chi connectivity index (χ4v) is 6.44. The van der Waals surface area contributed by atoms with Crippen LogP contribution in [0.25, 0.3) is 5.57 Å². The van der Waals surface area contributed by atoms with Gasteiger partial charge in [-0.2, -0.15) is 4.31 Å². The summed E-state index contributed by atoms with van der Waals surface area (Å²) in [5.41, 5.74) is 0.329. The van der Waals surface area contributed by atoms with Crippen molar-refractivity contribution in [1.29, 1.82) is 0 Å². The van der Waals surface area contributed by atoms with Crippen molar-refractivity contribution in [1.82, 2.24) is 5.32 Å². The van der Waals surface area contributed by atoms with Gasteiger partial charge in [0, 0.05) is 5.56 Å². The number of benzene rings is 2. The first-order valence-electron chi connectivity index (χ1n) is 7.74. The van der Waals surface area contributed by atoms with Gasteiger partial charge >= 0.3 is 0 Å². The summed E-state index contributed by atoms with van der Waals surface area (Å²) in [5.74, 6) is -1.46. The van der Waals surface area contributed by atoms with Crippen molar-refractivity contribution >= 4 is 96.2 Å². The van der Waals surface area contributed by atoms with Gasteiger partial charge < -0.3 is 5.32 Å². The van der Waals surface area contributed by atoms with E-state index in [1.54, 1.807) is 18.2 Å². The van der Waals surface area contributed by atoms with E-state index in [4.69, 9.17) is 47.0 Å². The van der Waals surface area contributed by atoms with Crippen LogP contribution in [0.15, 0.2) is 46.2 Å². The molecule has 29 heavy (non-hydrogen) atoms. The molecule has 0 unspecified atom stereocenters. The van der Waals surface area contributed by atoms with Crippen LogP contribution in [0.5, 0.6) is 0 Å². The lowest BCUT2D eigenvalue weighted by molar-refractivity contribution is -0.116. The molecule has 12 heteroatoms. The number of carbonyl (C=O) groups is 2. The molecular weight excluding hydrogens is 499 g/mol. The van der Waals surface area contributed by atoms with Crippen LogP contribution in [0.2, 0.25) is 15.1 Å². The third kappa shape index (κ3) is 3.26. The fourth-order valence-electron chi connectivity index (χ4n) is 2.93. The summed E-state index contributed by atoms with van der Waals surface area (Å²) in [6, 6.07) is 8.48. The standard InChI is InChI=1S/C17H7Cl3N2O4S3/c18-8-5-10(20)12(6-9(8)19)29(25,26)22-11-4-2-1-3-7(11)13(16(22)24)14-15(23)21-17(27)28-14/h1-6H,(H,21,23,27). The lowest BCUT2D eigenvalue weighted by Gasteiger charge is -2.18. The van der Waals surface area contributed by atoms with E-state index in [9.17, 15) is 18.0 Å². The first-order valence-corrected chi connectivity index (χ1v) is 11.5. The first-order chi connectivity index (χ1) is 13.6. The van der Waals surface area contributed by atoms with Crippen molar-refractivity contribution < 1.29 is 18.0 Å². The summed E-state index contributed by atoms with van der Waals surface area (Å²) in [6.45, 7) is 0. The minimum Gasteiger partial charge on any atom is -0.307 e. The zero-order valence-corrected chi connectivity index (χ0v) is 18.6. The number of carbonyl (C=O) groups excluding carboxylic acids is 2. The van der Waals surface area contributed by atoms with E-state index in [1.165, 1.54) is 12.1 Å². The Morgan fingerprint density at radius 2 is 1.66 bits per heavy atom. The second-order valence-corrected chi connectivity index (χ2v) is 10.5. The summed E-state index contributed by atoms with van der Waals surface area (Å²) in [6.07, 6.45) is 0. The molecule has 0 saturated carbocycles. The van der Waals surface area contributed by atoms with Crippen molar-refractivity contribution in [2.75, 3.05) is 4.31 Å². The second-order valence-electron chi connectivity index (χ2n) is 5.84. The molecular formula is C17H7Cl3N2O4S3. The molecule has 2 heterocycles. The number of para-hydroxylation sites is 1. The molecule has 0 spiro atoms. The lowest BCUT2D eigenvalue weighted by Crippen LogP contribution is -2.34. The largest absolute Gasteiger partial charge is 0.307 e. The molecule has 0 atom stereocenters. The number of sulfonamides is 1. The van der Waals surface area contributed by atoms with Gasteiger partial charge in [0.2, 0.25) is 0 Å². The second kappa shape index (κ2) is 7.26. The molecule has 2 aliphatic heterocycles. The number of amides is 2. The molecule has 0 aromatic heterocycles. The Balaban J connectivity index is 1.96. The molecule has 0 radical (unpaired) electrons. The molecule has 0 aliphatic carbocycles. The molecule has 2 amide bonds. The van der Waals surface area contributed by atoms with Crippen LogP contribution in [0.4, 0.5) is 5.69 Å². The van der Waals surface area contributed by atoms with Crippen LogP contribution in [-0.4, -0.2) is 24.6 Å². The Kier molecular flexibility index (Phi) is 5.17. The van der Waals surface area contributed by atoms with E-state index in [0.29, 0.717) is 9.87 Å². The Morgan fingerprint density at radius 1 is 1.00 bits per heavy atom. The molecule has 2 aromatic carbocycles. The topological polar surface area (TPSA) is 83.6 Å². The van der Waals surface area contributed by atoms with Gasteiger partial charge in [0.05, 0.1) is 31.2 Å². The number of fused-ring (bicyclic) bond motifs is 1.